The Morgan fingerprint density at radius 2 is 1.92 bits per heavy atom. The molecule has 0 aliphatic carbocycles. The molecule has 1 aromatic carbocycles. The molecular formula is C28H32N8O2S. The second-order valence-electron chi connectivity index (χ2n) is 9.89. The van der Waals surface area contributed by atoms with Crippen LogP contribution in [0.2, 0.25) is 0 Å². The van der Waals surface area contributed by atoms with Crippen molar-refractivity contribution in [2.75, 3.05) is 45.6 Å². The third kappa shape index (κ3) is 5.07. The highest BCUT2D eigenvalue weighted by atomic mass is 32.1. The van der Waals surface area contributed by atoms with Crippen molar-refractivity contribution < 1.29 is 9.53 Å². The lowest BCUT2D eigenvalue weighted by molar-refractivity contribution is -0.130. The smallest absolute Gasteiger partial charge is 0.219 e. The Balaban J connectivity index is 1.34. The standard InChI is InChI=1S/C28H32N8O2S/c1-18(37)35-14-12-34(13-15-35)11-3-4-24-32-25-26(36(24)17-19-5-7-20(38-2)8-6-19)27-22(31-28(25)29)16-23(39-27)21-9-10-30-33-21/h5-10,16H,3-4,11-15,17H2,1-2H3,(H2,29,31)(H,30,33). The van der Waals surface area contributed by atoms with Crippen LogP contribution in [0.5, 0.6) is 5.75 Å². The summed E-state index contributed by atoms with van der Waals surface area (Å²) in [5.74, 6) is 2.43. The van der Waals surface area contributed by atoms with Crippen LogP contribution in [0.25, 0.3) is 31.8 Å². The Kier molecular flexibility index (Phi) is 6.92. The fourth-order valence-corrected chi connectivity index (χ4v) is 6.39. The van der Waals surface area contributed by atoms with Crippen LogP contribution in [0, 0.1) is 0 Å². The number of imidazole rings is 1. The number of aromatic nitrogens is 5. The lowest BCUT2D eigenvalue weighted by atomic mass is 10.2. The van der Waals surface area contributed by atoms with Gasteiger partial charge in [0.1, 0.15) is 22.8 Å². The number of benzene rings is 1. The summed E-state index contributed by atoms with van der Waals surface area (Å²) in [6, 6.07) is 12.2. The molecule has 1 fully saturated rings. The number of fused-ring (bicyclic) bond motifs is 3. The van der Waals surface area contributed by atoms with E-state index in [4.69, 9.17) is 20.4 Å². The van der Waals surface area contributed by atoms with Crippen molar-refractivity contribution in [2.24, 2.45) is 0 Å². The van der Waals surface area contributed by atoms with Crippen molar-refractivity contribution in [1.82, 2.24) is 34.5 Å². The number of nitrogens with one attached hydrogen (secondary N) is 1. The van der Waals surface area contributed by atoms with Crippen molar-refractivity contribution in [3.05, 3.63) is 54.0 Å². The van der Waals surface area contributed by atoms with Gasteiger partial charge in [-0.25, -0.2) is 9.97 Å². The minimum atomic E-state index is 0.156. The molecule has 0 bridgehead atoms. The number of methoxy groups -OCH3 is 1. The maximum Gasteiger partial charge on any atom is 0.219 e. The summed E-state index contributed by atoms with van der Waals surface area (Å²) >= 11 is 1.66. The zero-order valence-corrected chi connectivity index (χ0v) is 23.0. The Labute approximate surface area is 230 Å². The number of hydrogen-bond donors (Lipinski definition) is 2. The fourth-order valence-electron chi connectivity index (χ4n) is 5.27. The van der Waals surface area contributed by atoms with Crippen molar-refractivity contribution in [3.8, 4) is 16.3 Å². The molecule has 0 spiro atoms. The number of nitrogens with zero attached hydrogens (tertiary/aromatic N) is 6. The molecule has 1 aliphatic heterocycles. The summed E-state index contributed by atoms with van der Waals surface area (Å²) in [4.78, 5) is 26.8. The molecule has 4 aromatic heterocycles. The molecular weight excluding hydrogens is 512 g/mol. The predicted molar refractivity (Wildman–Crippen MR) is 154 cm³/mol. The van der Waals surface area contributed by atoms with Crippen LogP contribution in [0.15, 0.2) is 42.6 Å². The molecule has 6 rings (SSSR count). The van der Waals surface area contributed by atoms with Gasteiger partial charge in [-0.2, -0.15) is 5.10 Å². The van der Waals surface area contributed by atoms with Crippen LogP contribution in [0.1, 0.15) is 24.7 Å². The molecule has 5 aromatic rings. The topological polar surface area (TPSA) is 118 Å². The van der Waals surface area contributed by atoms with Crippen LogP contribution >= 0.6 is 11.3 Å². The van der Waals surface area contributed by atoms with Gasteiger partial charge >= 0.3 is 0 Å². The fraction of sp³-hybridized carbons (Fsp3) is 0.357. The molecule has 0 saturated carbocycles. The highest BCUT2D eigenvalue weighted by Gasteiger charge is 2.22. The zero-order valence-electron chi connectivity index (χ0n) is 22.2. The predicted octanol–water partition coefficient (Wildman–Crippen LogP) is 3.77. The lowest BCUT2D eigenvalue weighted by Gasteiger charge is -2.34. The first-order chi connectivity index (χ1) is 19.0. The number of nitrogens with two attached hydrogens (primary N) is 1. The van der Waals surface area contributed by atoms with Crippen LogP contribution in [0.4, 0.5) is 5.82 Å². The first-order valence-corrected chi connectivity index (χ1v) is 14.0. The number of amides is 1. The van der Waals surface area contributed by atoms with E-state index in [0.717, 1.165) is 94.5 Å². The van der Waals surface area contributed by atoms with Gasteiger partial charge < -0.3 is 19.9 Å². The molecule has 0 unspecified atom stereocenters. The van der Waals surface area contributed by atoms with Gasteiger partial charge in [-0.3, -0.25) is 14.8 Å². The number of nitrogen functional groups attached to an aromatic ring is 1. The van der Waals surface area contributed by atoms with Crippen molar-refractivity contribution >= 4 is 44.3 Å². The quantitative estimate of drug-likeness (QED) is 0.305. The molecule has 0 radical (unpaired) electrons. The van der Waals surface area contributed by atoms with Gasteiger partial charge in [-0.1, -0.05) is 12.1 Å². The normalized spacial score (nSPS) is 14.5. The number of rotatable bonds is 8. The molecule has 11 heteroatoms. The number of pyridine rings is 1. The molecule has 10 nitrogen and oxygen atoms in total. The number of aromatic amines is 1. The Morgan fingerprint density at radius 3 is 2.62 bits per heavy atom. The van der Waals surface area contributed by atoms with Gasteiger partial charge in [0.2, 0.25) is 5.91 Å². The van der Waals surface area contributed by atoms with E-state index < -0.39 is 0 Å². The first-order valence-electron chi connectivity index (χ1n) is 13.2. The Hall–Kier alpha value is -3.96. The third-order valence-electron chi connectivity index (χ3n) is 7.40. The second kappa shape index (κ2) is 10.7. The molecule has 202 valence electrons. The number of piperazine rings is 1. The van der Waals surface area contributed by atoms with Gasteiger partial charge in [0.15, 0.2) is 5.82 Å². The highest BCUT2D eigenvalue weighted by molar-refractivity contribution is 7.23. The molecule has 1 saturated heterocycles. The number of H-pyrrole nitrogens is 1. The highest BCUT2D eigenvalue weighted by Crippen LogP contribution is 2.38. The molecule has 0 atom stereocenters. The van der Waals surface area contributed by atoms with Gasteiger partial charge in [-0.05, 0) is 42.8 Å². The van der Waals surface area contributed by atoms with Gasteiger partial charge in [-0.15, -0.1) is 11.3 Å². The van der Waals surface area contributed by atoms with E-state index in [2.05, 4.69) is 37.9 Å². The molecule has 1 aliphatic rings. The van der Waals surface area contributed by atoms with Gasteiger partial charge in [0.25, 0.3) is 0 Å². The third-order valence-corrected chi connectivity index (χ3v) is 8.56. The molecule has 1 amide bonds. The largest absolute Gasteiger partial charge is 0.497 e. The second-order valence-corrected chi connectivity index (χ2v) is 10.9. The Morgan fingerprint density at radius 1 is 1.13 bits per heavy atom. The summed E-state index contributed by atoms with van der Waals surface area (Å²) in [5, 5.41) is 7.26. The van der Waals surface area contributed by atoms with Gasteiger partial charge in [0, 0.05) is 52.3 Å². The number of anilines is 1. The van der Waals surface area contributed by atoms with E-state index in [9.17, 15) is 4.79 Å². The number of ether oxygens (including phenoxy) is 1. The van der Waals surface area contributed by atoms with Crippen LogP contribution in [-0.4, -0.2) is 80.3 Å². The van der Waals surface area contributed by atoms with E-state index in [1.807, 2.05) is 29.3 Å². The maximum atomic E-state index is 11.7. The minimum Gasteiger partial charge on any atom is -0.497 e. The van der Waals surface area contributed by atoms with E-state index in [-0.39, 0.29) is 5.91 Å². The number of hydrogen-bond acceptors (Lipinski definition) is 8. The Bertz CT molecular complexity index is 1600. The van der Waals surface area contributed by atoms with Crippen LogP contribution in [-0.2, 0) is 17.8 Å². The number of thiophene rings is 1. The molecule has 39 heavy (non-hydrogen) atoms. The van der Waals surface area contributed by atoms with Crippen molar-refractivity contribution in [3.63, 3.8) is 0 Å². The molecule has 3 N–H and O–H groups in total. The summed E-state index contributed by atoms with van der Waals surface area (Å²) in [6.45, 7) is 6.68. The van der Waals surface area contributed by atoms with E-state index in [1.165, 1.54) is 0 Å². The zero-order chi connectivity index (χ0) is 26.9. The van der Waals surface area contributed by atoms with Crippen molar-refractivity contribution in [1.29, 1.82) is 0 Å². The van der Waals surface area contributed by atoms with E-state index >= 15 is 0 Å². The van der Waals surface area contributed by atoms with Crippen molar-refractivity contribution in [2.45, 2.75) is 26.3 Å². The number of aryl methyl sites for hydroxylation is 1. The summed E-state index contributed by atoms with van der Waals surface area (Å²) < 4.78 is 8.72. The SMILES string of the molecule is COc1ccc(Cn2c(CCCN3CCN(C(C)=O)CC3)nc3c(N)nc4cc(-c5cc[nH]n5)sc4c32)cc1. The number of carbonyl (C=O) groups excluding carboxylic acids is 1. The number of carbonyl (C=O) groups is 1. The minimum absolute atomic E-state index is 0.156. The van der Waals surface area contributed by atoms with Crippen LogP contribution < -0.4 is 10.5 Å². The average molecular weight is 545 g/mol. The average Bonchev–Trinajstić information content (AvgIpc) is 3.69. The monoisotopic (exact) mass is 544 g/mol. The van der Waals surface area contributed by atoms with Gasteiger partial charge in [0.05, 0.1) is 27.7 Å². The van der Waals surface area contributed by atoms with E-state index in [1.54, 1.807) is 25.4 Å². The van der Waals surface area contributed by atoms with E-state index in [0.29, 0.717) is 12.4 Å². The first kappa shape index (κ1) is 25.3. The maximum absolute atomic E-state index is 11.7. The summed E-state index contributed by atoms with van der Waals surface area (Å²) in [5.41, 5.74) is 11.1. The van der Waals surface area contributed by atoms with Crippen LogP contribution in [0.3, 0.4) is 0 Å². The summed E-state index contributed by atoms with van der Waals surface area (Å²) in [7, 11) is 1.68. The summed E-state index contributed by atoms with van der Waals surface area (Å²) in [6.07, 6.45) is 3.60. The molecule has 5 heterocycles. The lowest BCUT2D eigenvalue weighted by Crippen LogP contribution is -2.48.